The van der Waals surface area contributed by atoms with Crippen LogP contribution in [0.15, 0.2) is 71.8 Å². The van der Waals surface area contributed by atoms with Crippen molar-refractivity contribution in [3.63, 3.8) is 0 Å². The standard InChI is InChI=1S/C25H20FN3O4/c1-14-3-10-19(11-4-14)29-21-12-9-18(26)13-20(21)22(24(29)31)15(2)27-28-23(30)16-5-7-17(8-6-16)25(32)33/h3-13,31H,1-2H3,(H,28,30)(H,32,33)/b27-15+. The fourth-order valence-electron chi connectivity index (χ4n) is 3.58. The van der Waals surface area contributed by atoms with E-state index in [2.05, 4.69) is 10.5 Å². The summed E-state index contributed by atoms with van der Waals surface area (Å²) in [7, 11) is 0. The summed E-state index contributed by atoms with van der Waals surface area (Å²) < 4.78 is 15.7. The number of aromatic hydroxyl groups is 1. The third kappa shape index (κ3) is 4.18. The number of carbonyl (C=O) groups excluding carboxylic acids is 1. The summed E-state index contributed by atoms with van der Waals surface area (Å²) in [6.45, 7) is 3.54. The van der Waals surface area contributed by atoms with Crippen LogP contribution in [0.2, 0.25) is 0 Å². The van der Waals surface area contributed by atoms with E-state index in [0.29, 0.717) is 16.6 Å². The van der Waals surface area contributed by atoms with E-state index in [4.69, 9.17) is 5.11 Å². The lowest BCUT2D eigenvalue weighted by Crippen LogP contribution is -2.19. The third-order valence-electron chi connectivity index (χ3n) is 5.28. The smallest absolute Gasteiger partial charge is 0.335 e. The molecule has 33 heavy (non-hydrogen) atoms. The van der Waals surface area contributed by atoms with E-state index in [9.17, 15) is 19.1 Å². The topological polar surface area (TPSA) is 104 Å². The maximum atomic E-state index is 14.1. The molecule has 7 nitrogen and oxygen atoms in total. The molecule has 0 aliphatic heterocycles. The molecule has 0 saturated carbocycles. The SMILES string of the molecule is C/C(=N\NC(=O)c1ccc(C(=O)O)cc1)c1c(O)n(-c2ccc(C)cc2)c2ccc(F)cc12. The fourth-order valence-corrected chi connectivity index (χ4v) is 3.58. The van der Waals surface area contributed by atoms with Crippen LogP contribution in [0, 0.1) is 12.7 Å². The van der Waals surface area contributed by atoms with Crippen LogP contribution in [0.5, 0.6) is 5.88 Å². The summed E-state index contributed by atoms with van der Waals surface area (Å²) in [6.07, 6.45) is 0. The molecule has 0 aliphatic rings. The molecule has 3 N–H and O–H groups in total. The number of nitrogens with zero attached hydrogens (tertiary/aromatic N) is 2. The second kappa shape index (κ2) is 8.58. The maximum absolute atomic E-state index is 14.1. The van der Waals surface area contributed by atoms with E-state index in [-0.39, 0.29) is 28.3 Å². The lowest BCUT2D eigenvalue weighted by atomic mass is 10.1. The number of benzene rings is 3. The molecule has 1 aromatic heterocycles. The van der Waals surface area contributed by atoms with Crippen molar-refractivity contribution in [2.75, 3.05) is 0 Å². The highest BCUT2D eigenvalue weighted by Gasteiger charge is 2.21. The Labute approximate surface area is 188 Å². The Morgan fingerprint density at radius 2 is 1.61 bits per heavy atom. The molecule has 8 heteroatoms. The van der Waals surface area contributed by atoms with Crippen LogP contribution in [0.4, 0.5) is 4.39 Å². The van der Waals surface area contributed by atoms with E-state index in [1.807, 2.05) is 31.2 Å². The van der Waals surface area contributed by atoms with E-state index in [1.54, 1.807) is 17.6 Å². The van der Waals surface area contributed by atoms with E-state index >= 15 is 0 Å². The number of aromatic carboxylic acids is 1. The van der Waals surface area contributed by atoms with E-state index in [1.165, 1.54) is 36.4 Å². The summed E-state index contributed by atoms with van der Waals surface area (Å²) in [4.78, 5) is 23.4. The van der Waals surface area contributed by atoms with Gasteiger partial charge in [0.25, 0.3) is 5.91 Å². The molecule has 166 valence electrons. The van der Waals surface area contributed by atoms with Crippen molar-refractivity contribution in [2.45, 2.75) is 13.8 Å². The number of nitrogens with one attached hydrogen (secondary N) is 1. The van der Waals surface area contributed by atoms with Crippen molar-refractivity contribution in [2.24, 2.45) is 5.10 Å². The Bertz CT molecular complexity index is 1400. The number of carboxylic acid groups (broad SMARTS) is 1. The molecule has 0 saturated heterocycles. The second-order valence-corrected chi connectivity index (χ2v) is 7.55. The molecule has 3 aromatic carbocycles. The molecule has 0 unspecified atom stereocenters. The fraction of sp³-hybridized carbons (Fsp3) is 0.0800. The minimum absolute atomic E-state index is 0.0575. The van der Waals surface area contributed by atoms with Crippen LogP contribution in [-0.4, -0.2) is 32.4 Å². The third-order valence-corrected chi connectivity index (χ3v) is 5.28. The van der Waals surface area contributed by atoms with Crippen LogP contribution >= 0.6 is 0 Å². The summed E-state index contributed by atoms with van der Waals surface area (Å²) in [5, 5.41) is 24.6. The molecule has 1 amide bonds. The van der Waals surface area contributed by atoms with Gasteiger partial charge < -0.3 is 10.2 Å². The zero-order valence-corrected chi connectivity index (χ0v) is 17.8. The number of amides is 1. The first-order valence-electron chi connectivity index (χ1n) is 10.0. The predicted octanol–water partition coefficient (Wildman–Crippen LogP) is 4.64. The minimum Gasteiger partial charge on any atom is -0.494 e. The number of hydrazone groups is 1. The van der Waals surface area contributed by atoms with Gasteiger partial charge in [-0.15, -0.1) is 0 Å². The van der Waals surface area contributed by atoms with Gasteiger partial charge in [0.2, 0.25) is 5.88 Å². The molecule has 4 aromatic rings. The Balaban J connectivity index is 1.72. The molecule has 4 rings (SSSR count). The van der Waals surface area contributed by atoms with Gasteiger partial charge in [-0.25, -0.2) is 14.6 Å². The number of carboxylic acids is 1. The minimum atomic E-state index is -1.09. The van der Waals surface area contributed by atoms with Gasteiger partial charge in [0, 0.05) is 16.6 Å². The van der Waals surface area contributed by atoms with Crippen molar-refractivity contribution in [1.29, 1.82) is 0 Å². The summed E-state index contributed by atoms with van der Waals surface area (Å²) in [5.41, 5.74) is 5.55. The van der Waals surface area contributed by atoms with Crippen molar-refractivity contribution >= 4 is 28.5 Å². The number of aryl methyl sites for hydroxylation is 1. The number of rotatable bonds is 5. The molecule has 1 heterocycles. The molecule has 0 bridgehead atoms. The van der Waals surface area contributed by atoms with Crippen LogP contribution in [-0.2, 0) is 0 Å². The zero-order valence-electron chi connectivity index (χ0n) is 17.8. The summed E-state index contributed by atoms with van der Waals surface area (Å²) in [5.74, 6) is -2.26. The van der Waals surface area contributed by atoms with Crippen molar-refractivity contribution in [3.05, 3.63) is 94.8 Å². The summed E-state index contributed by atoms with van der Waals surface area (Å²) >= 11 is 0. The first kappa shape index (κ1) is 21.8. The molecule has 0 spiro atoms. The van der Waals surface area contributed by atoms with Gasteiger partial charge in [-0.05, 0) is 68.4 Å². The summed E-state index contributed by atoms with van der Waals surface area (Å²) in [6, 6.07) is 17.1. The van der Waals surface area contributed by atoms with Gasteiger partial charge in [-0.3, -0.25) is 9.36 Å². The van der Waals surface area contributed by atoms with E-state index < -0.39 is 17.7 Å². The van der Waals surface area contributed by atoms with Gasteiger partial charge in [-0.1, -0.05) is 17.7 Å². The number of carbonyl (C=O) groups is 2. The van der Waals surface area contributed by atoms with Crippen LogP contribution < -0.4 is 5.43 Å². The van der Waals surface area contributed by atoms with Crippen molar-refractivity contribution in [3.8, 4) is 11.6 Å². The molecular formula is C25H20FN3O4. The molecule has 0 fully saturated rings. The van der Waals surface area contributed by atoms with Gasteiger partial charge in [0.15, 0.2) is 0 Å². The Hall–Kier alpha value is -4.46. The first-order chi connectivity index (χ1) is 15.8. The predicted molar refractivity (Wildman–Crippen MR) is 123 cm³/mol. The number of halogens is 1. The highest BCUT2D eigenvalue weighted by Crippen LogP contribution is 2.35. The highest BCUT2D eigenvalue weighted by molar-refractivity contribution is 6.13. The largest absolute Gasteiger partial charge is 0.494 e. The second-order valence-electron chi connectivity index (χ2n) is 7.55. The average Bonchev–Trinajstić information content (AvgIpc) is 3.08. The number of fused-ring (bicyclic) bond motifs is 1. The van der Waals surface area contributed by atoms with Crippen LogP contribution in [0.25, 0.3) is 16.6 Å². The Morgan fingerprint density at radius 1 is 0.970 bits per heavy atom. The van der Waals surface area contributed by atoms with Crippen LogP contribution in [0.1, 0.15) is 38.8 Å². The van der Waals surface area contributed by atoms with Gasteiger partial charge >= 0.3 is 5.97 Å². The van der Waals surface area contributed by atoms with Crippen molar-refractivity contribution in [1.82, 2.24) is 9.99 Å². The number of aromatic nitrogens is 1. The number of hydrogen-bond acceptors (Lipinski definition) is 4. The van der Waals surface area contributed by atoms with Gasteiger partial charge in [0.1, 0.15) is 5.82 Å². The molecule has 0 aliphatic carbocycles. The first-order valence-corrected chi connectivity index (χ1v) is 10.0. The normalized spacial score (nSPS) is 11.5. The Morgan fingerprint density at radius 3 is 2.24 bits per heavy atom. The number of hydrogen-bond donors (Lipinski definition) is 3. The molecule has 0 atom stereocenters. The van der Waals surface area contributed by atoms with Gasteiger partial charge in [-0.2, -0.15) is 5.10 Å². The van der Waals surface area contributed by atoms with Crippen molar-refractivity contribution < 1.29 is 24.2 Å². The monoisotopic (exact) mass is 445 g/mol. The maximum Gasteiger partial charge on any atom is 0.335 e. The molecular weight excluding hydrogens is 425 g/mol. The quantitative estimate of drug-likeness (QED) is 0.308. The lowest BCUT2D eigenvalue weighted by Gasteiger charge is -2.08. The Kier molecular flexibility index (Phi) is 5.66. The zero-order chi connectivity index (χ0) is 23.7. The molecule has 0 radical (unpaired) electrons. The lowest BCUT2D eigenvalue weighted by molar-refractivity contribution is 0.0696. The average molecular weight is 445 g/mol. The van der Waals surface area contributed by atoms with E-state index in [0.717, 1.165) is 5.56 Å². The van der Waals surface area contributed by atoms with Crippen LogP contribution in [0.3, 0.4) is 0 Å². The van der Waals surface area contributed by atoms with Gasteiger partial charge in [0.05, 0.1) is 22.4 Å². The highest BCUT2D eigenvalue weighted by atomic mass is 19.1.